The molecule has 2 fully saturated rings. The second-order valence-electron chi connectivity index (χ2n) is 8.29. The number of rotatable bonds is 7. The van der Waals surface area contributed by atoms with Gasteiger partial charge >= 0.3 is 0 Å². The normalized spacial score (nSPS) is 22.8. The van der Waals surface area contributed by atoms with E-state index in [0.717, 1.165) is 30.0 Å². The van der Waals surface area contributed by atoms with Gasteiger partial charge in [-0.25, -0.2) is 8.42 Å². The average Bonchev–Trinajstić information content (AvgIpc) is 3.26. The van der Waals surface area contributed by atoms with E-state index >= 15 is 0 Å². The molecule has 1 unspecified atom stereocenters. The summed E-state index contributed by atoms with van der Waals surface area (Å²) >= 11 is 6.33. The minimum Gasteiger partial charge on any atom is -0.495 e. The van der Waals surface area contributed by atoms with Gasteiger partial charge < -0.3 is 14.8 Å². The number of sulfonamides is 1. The van der Waals surface area contributed by atoms with Gasteiger partial charge in [-0.15, -0.1) is 0 Å². The molecule has 1 atom stereocenters. The van der Waals surface area contributed by atoms with Gasteiger partial charge in [0.1, 0.15) is 17.0 Å². The van der Waals surface area contributed by atoms with Crippen molar-refractivity contribution >= 4 is 39.1 Å². The highest BCUT2D eigenvalue weighted by Gasteiger charge is 2.51. The summed E-state index contributed by atoms with van der Waals surface area (Å²) in [5.74, 6) is -0.492. The third-order valence-corrected chi connectivity index (χ3v) is 8.24. The fourth-order valence-electron chi connectivity index (χ4n) is 4.35. The van der Waals surface area contributed by atoms with Crippen LogP contribution in [0.2, 0.25) is 5.02 Å². The molecular formula is C21H30ClN3O6S. The van der Waals surface area contributed by atoms with Crippen molar-refractivity contribution in [3.63, 3.8) is 0 Å². The molecule has 11 heteroatoms. The van der Waals surface area contributed by atoms with Crippen LogP contribution >= 0.6 is 11.6 Å². The first-order valence-corrected chi connectivity index (χ1v) is 12.6. The number of hydrogen-bond donors (Lipinski definition) is 1. The number of ether oxygens (including phenoxy) is 2. The van der Waals surface area contributed by atoms with Gasteiger partial charge in [-0.1, -0.05) is 24.4 Å². The minimum atomic E-state index is -3.70. The van der Waals surface area contributed by atoms with Crippen LogP contribution in [0.5, 0.6) is 11.5 Å². The average molecular weight is 488 g/mol. The number of methoxy groups -OCH3 is 2. The summed E-state index contributed by atoms with van der Waals surface area (Å²) in [6.45, 7) is 2.52. The Labute approximate surface area is 194 Å². The van der Waals surface area contributed by atoms with Crippen molar-refractivity contribution in [2.45, 2.75) is 51.1 Å². The first-order chi connectivity index (χ1) is 15.1. The summed E-state index contributed by atoms with van der Waals surface area (Å²) in [5, 5.41) is 3.26. The van der Waals surface area contributed by atoms with Gasteiger partial charge in [-0.05, 0) is 32.8 Å². The third-order valence-electron chi connectivity index (χ3n) is 6.17. The number of nitrogens with one attached hydrogen (secondary N) is 1. The zero-order chi connectivity index (χ0) is 23.7. The number of carbonyl (C=O) groups is 2. The fourth-order valence-corrected chi connectivity index (χ4v) is 5.70. The second-order valence-corrected chi connectivity index (χ2v) is 10.9. The lowest BCUT2D eigenvalue weighted by Crippen LogP contribution is -2.70. The quantitative estimate of drug-likeness (QED) is 0.632. The summed E-state index contributed by atoms with van der Waals surface area (Å²) in [6, 6.07) is 3.04. The van der Waals surface area contributed by atoms with Crippen molar-refractivity contribution in [2.24, 2.45) is 0 Å². The lowest BCUT2D eigenvalue weighted by atomic mass is 9.93. The molecule has 178 valence electrons. The molecule has 3 rings (SSSR count). The highest BCUT2D eigenvalue weighted by Crippen LogP contribution is 2.42. The third kappa shape index (κ3) is 4.53. The number of halogens is 1. The van der Waals surface area contributed by atoms with Crippen molar-refractivity contribution < 1.29 is 27.5 Å². The summed E-state index contributed by atoms with van der Waals surface area (Å²) < 4.78 is 37.0. The number of amides is 2. The Balaban J connectivity index is 2.11. The van der Waals surface area contributed by atoms with E-state index in [1.807, 2.05) is 0 Å². The van der Waals surface area contributed by atoms with Gasteiger partial charge in [0, 0.05) is 18.7 Å². The van der Waals surface area contributed by atoms with Crippen LogP contribution in [0.4, 0.5) is 5.69 Å². The first kappa shape index (κ1) is 24.6. The van der Waals surface area contributed by atoms with Gasteiger partial charge in [0.05, 0.1) is 37.2 Å². The molecule has 1 N–H and O–H groups in total. The largest absolute Gasteiger partial charge is 0.495 e. The van der Waals surface area contributed by atoms with Crippen LogP contribution in [-0.2, 0) is 19.6 Å². The van der Waals surface area contributed by atoms with Crippen LogP contribution < -0.4 is 19.7 Å². The molecule has 1 saturated carbocycles. The van der Waals surface area contributed by atoms with Crippen molar-refractivity contribution in [2.75, 3.05) is 38.0 Å². The molecule has 1 aromatic rings. The molecule has 2 aliphatic rings. The Morgan fingerprint density at radius 3 is 2.41 bits per heavy atom. The maximum atomic E-state index is 13.5. The van der Waals surface area contributed by atoms with E-state index in [9.17, 15) is 18.0 Å². The topological polar surface area (TPSA) is 105 Å². The first-order valence-electron chi connectivity index (χ1n) is 10.6. The molecule has 9 nitrogen and oxygen atoms in total. The molecule has 32 heavy (non-hydrogen) atoms. The summed E-state index contributed by atoms with van der Waals surface area (Å²) in [4.78, 5) is 28.2. The zero-order valence-corrected chi connectivity index (χ0v) is 20.4. The number of piperazine rings is 1. The monoisotopic (exact) mass is 487 g/mol. The van der Waals surface area contributed by atoms with Crippen LogP contribution in [-0.4, -0.2) is 69.2 Å². The standard InChI is InChI=1S/C21H30ClN3O6S/c1-5-32(28,29)24-12-19(26)25(16-10-15(22)17(30-3)11-18(16)31-4)21(2,13-24)20(27)23-14-8-6-7-9-14/h10-11,14H,5-9,12-13H2,1-4H3,(H,23,27). The Hall–Kier alpha value is -2.04. The summed E-state index contributed by atoms with van der Waals surface area (Å²) in [7, 11) is -0.805. The molecule has 1 heterocycles. The SMILES string of the molecule is CCS(=O)(=O)N1CC(=O)N(c2cc(Cl)c(OC)cc2OC)C(C)(C(=O)NC2CCCC2)C1. The Bertz CT molecular complexity index is 995. The molecule has 0 radical (unpaired) electrons. The smallest absolute Gasteiger partial charge is 0.247 e. The van der Waals surface area contributed by atoms with Crippen molar-refractivity contribution in [3.8, 4) is 11.5 Å². The van der Waals surface area contributed by atoms with E-state index in [0.29, 0.717) is 5.75 Å². The molecule has 1 saturated heterocycles. The minimum absolute atomic E-state index is 0.00390. The maximum Gasteiger partial charge on any atom is 0.247 e. The van der Waals surface area contributed by atoms with E-state index in [1.165, 1.54) is 38.2 Å². The molecule has 1 aliphatic heterocycles. The number of carbonyl (C=O) groups excluding carboxylic acids is 2. The summed E-state index contributed by atoms with van der Waals surface area (Å²) in [6.07, 6.45) is 3.74. The molecule has 0 bridgehead atoms. The Morgan fingerprint density at radius 1 is 1.22 bits per heavy atom. The van der Waals surface area contributed by atoms with Crippen molar-refractivity contribution in [1.29, 1.82) is 0 Å². The second kappa shape index (κ2) is 9.44. The van der Waals surface area contributed by atoms with Gasteiger partial charge in [0.2, 0.25) is 21.8 Å². The van der Waals surface area contributed by atoms with Crippen LogP contribution in [0.3, 0.4) is 0 Å². The molecule has 1 aliphatic carbocycles. The molecular weight excluding hydrogens is 458 g/mol. The Morgan fingerprint density at radius 2 is 1.84 bits per heavy atom. The molecule has 0 spiro atoms. The van der Waals surface area contributed by atoms with Crippen LogP contribution in [0.15, 0.2) is 12.1 Å². The van der Waals surface area contributed by atoms with E-state index in [-0.39, 0.29) is 41.3 Å². The van der Waals surface area contributed by atoms with Gasteiger partial charge in [-0.3, -0.25) is 14.5 Å². The van der Waals surface area contributed by atoms with Gasteiger partial charge in [0.15, 0.2) is 0 Å². The number of benzene rings is 1. The van der Waals surface area contributed by atoms with Crippen LogP contribution in [0.25, 0.3) is 0 Å². The van der Waals surface area contributed by atoms with E-state index in [1.54, 1.807) is 6.92 Å². The fraction of sp³-hybridized carbons (Fsp3) is 0.619. The van der Waals surface area contributed by atoms with E-state index < -0.39 is 27.4 Å². The summed E-state index contributed by atoms with van der Waals surface area (Å²) in [5.41, 5.74) is -1.23. The molecule has 2 amide bonds. The number of nitrogens with zero attached hydrogens (tertiary/aromatic N) is 2. The highest BCUT2D eigenvalue weighted by atomic mass is 35.5. The number of hydrogen-bond acceptors (Lipinski definition) is 6. The predicted octanol–water partition coefficient (Wildman–Crippen LogP) is 2.17. The zero-order valence-electron chi connectivity index (χ0n) is 18.8. The molecule has 0 aromatic heterocycles. The van der Waals surface area contributed by atoms with E-state index in [2.05, 4.69) is 5.32 Å². The van der Waals surface area contributed by atoms with Gasteiger partial charge in [-0.2, -0.15) is 4.31 Å². The van der Waals surface area contributed by atoms with Crippen molar-refractivity contribution in [3.05, 3.63) is 17.2 Å². The lowest BCUT2D eigenvalue weighted by Gasteiger charge is -2.47. The predicted molar refractivity (Wildman–Crippen MR) is 122 cm³/mol. The lowest BCUT2D eigenvalue weighted by molar-refractivity contribution is -0.133. The highest BCUT2D eigenvalue weighted by molar-refractivity contribution is 7.89. The van der Waals surface area contributed by atoms with E-state index in [4.69, 9.17) is 21.1 Å². The number of anilines is 1. The van der Waals surface area contributed by atoms with Gasteiger partial charge in [0.25, 0.3) is 0 Å². The van der Waals surface area contributed by atoms with Crippen molar-refractivity contribution in [1.82, 2.24) is 9.62 Å². The molecule has 1 aromatic carbocycles. The van der Waals surface area contributed by atoms with Crippen LogP contribution in [0, 0.1) is 0 Å². The maximum absolute atomic E-state index is 13.5. The van der Waals surface area contributed by atoms with Crippen LogP contribution in [0.1, 0.15) is 39.5 Å². The Kier molecular flexibility index (Phi) is 7.26.